The van der Waals surface area contributed by atoms with Crippen LogP contribution in [0.5, 0.6) is 0 Å². The first-order chi connectivity index (χ1) is 9.46. The van der Waals surface area contributed by atoms with E-state index < -0.39 is 0 Å². The Hall–Kier alpha value is -1.32. The molecule has 0 spiro atoms. The first kappa shape index (κ1) is 15.1. The second-order valence-corrected chi connectivity index (χ2v) is 6.47. The van der Waals surface area contributed by atoms with Gasteiger partial charge < -0.3 is 10.2 Å². The van der Waals surface area contributed by atoms with E-state index in [1.807, 2.05) is 0 Å². The molecule has 1 aliphatic rings. The van der Waals surface area contributed by atoms with Crippen LogP contribution in [-0.4, -0.2) is 29.6 Å². The quantitative estimate of drug-likeness (QED) is 0.915. The summed E-state index contributed by atoms with van der Waals surface area (Å²) in [7, 11) is 0. The third kappa shape index (κ3) is 3.22. The summed E-state index contributed by atoms with van der Waals surface area (Å²) in [5.41, 5.74) is 1.65. The molecule has 1 N–H and O–H groups in total. The van der Waals surface area contributed by atoms with Gasteiger partial charge in [0, 0.05) is 31.6 Å². The number of aromatic nitrogens is 2. The van der Waals surface area contributed by atoms with Crippen molar-refractivity contribution >= 4 is 11.6 Å². The monoisotopic (exact) mass is 276 g/mol. The fourth-order valence-corrected chi connectivity index (χ4v) is 2.68. The van der Waals surface area contributed by atoms with Crippen LogP contribution in [0.3, 0.4) is 0 Å². The molecule has 1 saturated heterocycles. The second-order valence-electron chi connectivity index (χ2n) is 6.47. The van der Waals surface area contributed by atoms with Gasteiger partial charge in [-0.3, -0.25) is 0 Å². The molecular formula is C16H28N4. The number of nitrogens with one attached hydrogen (secondary N) is 1. The van der Waals surface area contributed by atoms with Gasteiger partial charge in [-0.1, -0.05) is 20.8 Å². The summed E-state index contributed by atoms with van der Waals surface area (Å²) in [4.78, 5) is 11.8. The van der Waals surface area contributed by atoms with E-state index in [1.165, 1.54) is 18.4 Å². The Balaban J connectivity index is 2.28. The lowest BCUT2D eigenvalue weighted by Crippen LogP contribution is -2.38. The van der Waals surface area contributed by atoms with E-state index in [4.69, 9.17) is 4.98 Å². The molecule has 1 aromatic heterocycles. The van der Waals surface area contributed by atoms with Crippen molar-refractivity contribution in [2.24, 2.45) is 5.41 Å². The Morgan fingerprint density at radius 2 is 1.80 bits per heavy atom. The van der Waals surface area contributed by atoms with Crippen molar-refractivity contribution in [3.63, 3.8) is 0 Å². The van der Waals surface area contributed by atoms with Crippen molar-refractivity contribution < 1.29 is 0 Å². The van der Waals surface area contributed by atoms with E-state index in [2.05, 4.69) is 49.8 Å². The molecule has 0 aromatic carbocycles. The number of piperidine rings is 1. The number of aryl methyl sites for hydroxylation is 1. The molecule has 0 amide bonds. The Labute approximate surface area is 123 Å². The van der Waals surface area contributed by atoms with Crippen LogP contribution in [0.25, 0.3) is 0 Å². The highest BCUT2D eigenvalue weighted by molar-refractivity contribution is 5.58. The Bertz CT molecular complexity index is 458. The zero-order valence-corrected chi connectivity index (χ0v) is 13.6. The lowest BCUT2D eigenvalue weighted by atomic mass is 9.82. The van der Waals surface area contributed by atoms with Crippen LogP contribution >= 0.6 is 0 Å². The van der Waals surface area contributed by atoms with Gasteiger partial charge in [-0.05, 0) is 32.1 Å². The molecule has 0 aliphatic carbocycles. The Morgan fingerprint density at radius 3 is 2.35 bits per heavy atom. The van der Waals surface area contributed by atoms with E-state index >= 15 is 0 Å². The molecule has 0 bridgehead atoms. The molecule has 2 heterocycles. The van der Waals surface area contributed by atoms with Crippen molar-refractivity contribution in [3.05, 3.63) is 11.4 Å². The van der Waals surface area contributed by atoms with Crippen LogP contribution in [0.4, 0.5) is 11.6 Å². The number of rotatable bonds is 4. The van der Waals surface area contributed by atoms with Crippen LogP contribution in [0.2, 0.25) is 0 Å². The minimum atomic E-state index is 0.468. The Kier molecular flexibility index (Phi) is 4.51. The van der Waals surface area contributed by atoms with Crippen molar-refractivity contribution in [2.75, 3.05) is 29.9 Å². The minimum absolute atomic E-state index is 0.468. The maximum atomic E-state index is 4.78. The zero-order valence-electron chi connectivity index (χ0n) is 13.6. The summed E-state index contributed by atoms with van der Waals surface area (Å²) in [5, 5.41) is 3.37. The predicted octanol–water partition coefficient (Wildman–Crippen LogP) is 3.41. The van der Waals surface area contributed by atoms with Crippen LogP contribution in [-0.2, 0) is 6.42 Å². The molecule has 0 saturated carbocycles. The number of hydrogen-bond acceptors (Lipinski definition) is 4. The van der Waals surface area contributed by atoms with Crippen LogP contribution in [0, 0.1) is 12.3 Å². The number of anilines is 2. The van der Waals surface area contributed by atoms with Gasteiger partial charge in [0.2, 0.25) is 0 Å². The first-order valence-corrected chi connectivity index (χ1v) is 7.83. The molecule has 1 fully saturated rings. The lowest BCUT2D eigenvalue weighted by Gasteiger charge is -2.38. The molecule has 0 atom stereocenters. The fraction of sp³-hybridized carbons (Fsp3) is 0.750. The van der Waals surface area contributed by atoms with Crippen LogP contribution < -0.4 is 10.2 Å². The fourth-order valence-electron chi connectivity index (χ4n) is 2.68. The topological polar surface area (TPSA) is 41.1 Å². The van der Waals surface area contributed by atoms with Crippen LogP contribution in [0.1, 0.15) is 51.9 Å². The lowest BCUT2D eigenvalue weighted by molar-refractivity contribution is 0.279. The van der Waals surface area contributed by atoms with Gasteiger partial charge in [-0.2, -0.15) is 0 Å². The third-order valence-corrected chi connectivity index (χ3v) is 4.24. The molecule has 0 radical (unpaired) electrons. The molecule has 4 heteroatoms. The summed E-state index contributed by atoms with van der Waals surface area (Å²) in [6.45, 7) is 14.2. The largest absolute Gasteiger partial charge is 0.370 e. The molecule has 2 rings (SSSR count). The summed E-state index contributed by atoms with van der Waals surface area (Å²) >= 11 is 0. The highest BCUT2D eigenvalue weighted by Gasteiger charge is 2.27. The zero-order chi connectivity index (χ0) is 14.8. The maximum absolute atomic E-state index is 4.78. The van der Waals surface area contributed by atoms with E-state index in [0.29, 0.717) is 5.41 Å². The maximum Gasteiger partial charge on any atom is 0.137 e. The highest BCUT2D eigenvalue weighted by atomic mass is 15.2. The van der Waals surface area contributed by atoms with Gasteiger partial charge in [0.1, 0.15) is 17.5 Å². The summed E-state index contributed by atoms with van der Waals surface area (Å²) in [6.07, 6.45) is 3.34. The van der Waals surface area contributed by atoms with E-state index in [-0.39, 0.29) is 0 Å². The van der Waals surface area contributed by atoms with Gasteiger partial charge in [0.05, 0.1) is 0 Å². The molecule has 4 nitrogen and oxygen atoms in total. The smallest absolute Gasteiger partial charge is 0.137 e. The second kappa shape index (κ2) is 5.98. The van der Waals surface area contributed by atoms with Gasteiger partial charge in [0.15, 0.2) is 0 Å². The normalized spacial score (nSPS) is 18.1. The van der Waals surface area contributed by atoms with Crippen LogP contribution in [0.15, 0.2) is 0 Å². The van der Waals surface area contributed by atoms with Crippen molar-refractivity contribution in [3.8, 4) is 0 Å². The molecule has 0 unspecified atom stereocenters. The van der Waals surface area contributed by atoms with Gasteiger partial charge in [-0.15, -0.1) is 0 Å². The van der Waals surface area contributed by atoms with Crippen molar-refractivity contribution in [2.45, 2.75) is 53.9 Å². The number of hydrogen-bond donors (Lipinski definition) is 1. The average Bonchev–Trinajstić information content (AvgIpc) is 2.42. The number of nitrogens with zero attached hydrogens (tertiary/aromatic N) is 3. The SMILES string of the molecule is CCNc1nc(CC)nc(N2CCC(C)(C)CC2)c1C. The summed E-state index contributed by atoms with van der Waals surface area (Å²) in [5.74, 6) is 3.06. The van der Waals surface area contributed by atoms with Crippen molar-refractivity contribution in [1.29, 1.82) is 0 Å². The summed E-state index contributed by atoms with van der Waals surface area (Å²) < 4.78 is 0. The molecular weight excluding hydrogens is 248 g/mol. The predicted molar refractivity (Wildman–Crippen MR) is 85.5 cm³/mol. The van der Waals surface area contributed by atoms with Gasteiger partial charge in [-0.25, -0.2) is 9.97 Å². The Morgan fingerprint density at radius 1 is 1.15 bits per heavy atom. The molecule has 1 aliphatic heterocycles. The van der Waals surface area contributed by atoms with Crippen molar-refractivity contribution in [1.82, 2.24) is 9.97 Å². The molecule has 1 aromatic rings. The van der Waals surface area contributed by atoms with E-state index in [0.717, 1.165) is 43.5 Å². The van der Waals surface area contributed by atoms with E-state index in [9.17, 15) is 0 Å². The average molecular weight is 276 g/mol. The van der Waals surface area contributed by atoms with E-state index in [1.54, 1.807) is 0 Å². The van der Waals surface area contributed by atoms with Gasteiger partial charge in [0.25, 0.3) is 0 Å². The molecule has 20 heavy (non-hydrogen) atoms. The van der Waals surface area contributed by atoms with Gasteiger partial charge >= 0.3 is 0 Å². The summed E-state index contributed by atoms with van der Waals surface area (Å²) in [6, 6.07) is 0. The highest BCUT2D eigenvalue weighted by Crippen LogP contribution is 2.33. The minimum Gasteiger partial charge on any atom is -0.370 e. The standard InChI is InChI=1S/C16H28N4/c1-6-13-18-14(17-7-2)12(3)15(19-13)20-10-8-16(4,5)9-11-20/h6-11H2,1-5H3,(H,17,18,19). The first-order valence-electron chi connectivity index (χ1n) is 7.83. The molecule has 112 valence electrons. The third-order valence-electron chi connectivity index (χ3n) is 4.24.